The minimum atomic E-state index is -2.98. The molecule has 0 aliphatic carbocycles. The van der Waals surface area contributed by atoms with Crippen LogP contribution in [0.2, 0.25) is 0 Å². The monoisotopic (exact) mass is 342 g/mol. The Labute approximate surface area is 132 Å². The van der Waals surface area contributed by atoms with Gasteiger partial charge in [0.1, 0.15) is 5.82 Å². The van der Waals surface area contributed by atoms with Crippen molar-refractivity contribution < 1.29 is 17.6 Å². The van der Waals surface area contributed by atoms with Gasteiger partial charge in [-0.15, -0.1) is 0 Å². The van der Waals surface area contributed by atoms with Crippen LogP contribution in [-0.2, 0) is 21.1 Å². The molecule has 1 aromatic carbocycles. The molecule has 0 saturated carbocycles. The standard InChI is InChI=1S/C14H15FN2O3S2/c1-17-11-7-22(19,20)8-12(11)21-14(17)16-13(18)6-9-2-4-10(15)5-3-9/h2-5,11-12H,6-8H2,1H3/t11-,12+/m1/s1. The molecule has 1 amide bonds. The second-order valence-corrected chi connectivity index (χ2v) is 8.86. The summed E-state index contributed by atoms with van der Waals surface area (Å²) < 4.78 is 36.0. The van der Waals surface area contributed by atoms with E-state index in [9.17, 15) is 17.6 Å². The van der Waals surface area contributed by atoms with E-state index in [1.54, 1.807) is 24.1 Å². The van der Waals surface area contributed by atoms with Crippen molar-refractivity contribution in [3.8, 4) is 0 Å². The second-order valence-electron chi connectivity index (χ2n) is 5.50. The van der Waals surface area contributed by atoms with Crippen LogP contribution in [0.5, 0.6) is 0 Å². The summed E-state index contributed by atoms with van der Waals surface area (Å²) in [4.78, 5) is 17.9. The van der Waals surface area contributed by atoms with Gasteiger partial charge in [-0.05, 0) is 17.7 Å². The molecule has 0 bridgehead atoms. The van der Waals surface area contributed by atoms with Crippen molar-refractivity contribution in [1.82, 2.24) is 4.90 Å². The third-order valence-electron chi connectivity index (χ3n) is 3.82. The summed E-state index contributed by atoms with van der Waals surface area (Å²) in [6.45, 7) is 0. The average Bonchev–Trinajstić information content (AvgIpc) is 2.87. The molecule has 118 valence electrons. The summed E-state index contributed by atoms with van der Waals surface area (Å²) >= 11 is 1.35. The number of amidine groups is 1. The van der Waals surface area contributed by atoms with E-state index >= 15 is 0 Å². The van der Waals surface area contributed by atoms with Crippen LogP contribution in [0.4, 0.5) is 4.39 Å². The van der Waals surface area contributed by atoms with Gasteiger partial charge in [0.15, 0.2) is 15.0 Å². The first-order chi connectivity index (χ1) is 10.3. The van der Waals surface area contributed by atoms with Gasteiger partial charge in [-0.25, -0.2) is 12.8 Å². The Morgan fingerprint density at radius 1 is 1.36 bits per heavy atom. The molecule has 2 aliphatic rings. The van der Waals surface area contributed by atoms with E-state index in [1.807, 2.05) is 0 Å². The Balaban J connectivity index is 1.68. The lowest BCUT2D eigenvalue weighted by Crippen LogP contribution is -2.34. The number of halogens is 1. The molecule has 8 heteroatoms. The zero-order chi connectivity index (χ0) is 15.9. The highest BCUT2D eigenvalue weighted by atomic mass is 32.2. The summed E-state index contributed by atoms with van der Waals surface area (Å²) in [6, 6.07) is 5.62. The van der Waals surface area contributed by atoms with Crippen LogP contribution in [-0.4, -0.2) is 54.2 Å². The molecule has 2 heterocycles. The fraction of sp³-hybridized carbons (Fsp3) is 0.429. The molecule has 22 heavy (non-hydrogen) atoms. The summed E-state index contributed by atoms with van der Waals surface area (Å²) in [7, 11) is -1.21. The maximum absolute atomic E-state index is 12.8. The molecular weight excluding hydrogens is 327 g/mol. The molecule has 3 rings (SSSR count). The molecule has 2 saturated heterocycles. The third-order valence-corrected chi connectivity index (χ3v) is 7.12. The molecule has 2 atom stereocenters. The quantitative estimate of drug-likeness (QED) is 0.805. The Kier molecular flexibility index (Phi) is 3.98. The van der Waals surface area contributed by atoms with E-state index in [0.29, 0.717) is 10.7 Å². The number of hydrogen-bond donors (Lipinski definition) is 0. The lowest BCUT2D eigenvalue weighted by molar-refractivity contribution is -0.117. The molecule has 5 nitrogen and oxygen atoms in total. The predicted molar refractivity (Wildman–Crippen MR) is 84.1 cm³/mol. The maximum Gasteiger partial charge on any atom is 0.252 e. The minimum absolute atomic E-state index is 0.0487. The Morgan fingerprint density at radius 2 is 2.05 bits per heavy atom. The molecule has 0 unspecified atom stereocenters. The first-order valence-corrected chi connectivity index (χ1v) is 9.50. The van der Waals surface area contributed by atoms with Crippen LogP contribution in [0.1, 0.15) is 5.56 Å². The number of carbonyl (C=O) groups excluding carboxylic acids is 1. The van der Waals surface area contributed by atoms with Gasteiger partial charge in [0.05, 0.1) is 24.0 Å². The number of sulfone groups is 1. The first kappa shape index (κ1) is 15.5. The first-order valence-electron chi connectivity index (χ1n) is 6.80. The number of benzene rings is 1. The normalized spacial score (nSPS) is 28.1. The second kappa shape index (κ2) is 5.66. The highest BCUT2D eigenvalue weighted by molar-refractivity contribution is 8.15. The molecule has 0 spiro atoms. The Bertz CT molecular complexity index is 731. The van der Waals surface area contributed by atoms with E-state index in [1.165, 1.54) is 23.9 Å². The number of thioether (sulfide) groups is 1. The van der Waals surface area contributed by atoms with Gasteiger partial charge in [-0.2, -0.15) is 4.99 Å². The van der Waals surface area contributed by atoms with E-state index in [2.05, 4.69) is 4.99 Å². The van der Waals surface area contributed by atoms with Crippen molar-refractivity contribution in [2.75, 3.05) is 18.6 Å². The zero-order valence-electron chi connectivity index (χ0n) is 11.9. The van der Waals surface area contributed by atoms with Crippen molar-refractivity contribution in [1.29, 1.82) is 0 Å². The predicted octanol–water partition coefficient (Wildman–Crippen LogP) is 1.09. The van der Waals surface area contributed by atoms with E-state index in [-0.39, 0.29) is 40.9 Å². The maximum atomic E-state index is 12.8. The van der Waals surface area contributed by atoms with Gasteiger partial charge in [-0.1, -0.05) is 23.9 Å². The minimum Gasteiger partial charge on any atom is -0.349 e. The molecule has 1 aromatic rings. The number of hydrogen-bond acceptors (Lipinski definition) is 4. The SMILES string of the molecule is CN1C(=NC(=O)Cc2ccc(F)cc2)S[C@H]2CS(=O)(=O)C[C@H]21. The van der Waals surface area contributed by atoms with Gasteiger partial charge in [0, 0.05) is 12.3 Å². The van der Waals surface area contributed by atoms with Crippen LogP contribution < -0.4 is 0 Å². The van der Waals surface area contributed by atoms with Crippen LogP contribution >= 0.6 is 11.8 Å². The number of rotatable bonds is 2. The number of fused-ring (bicyclic) bond motifs is 1. The summed E-state index contributed by atoms with van der Waals surface area (Å²) in [5.74, 6) is -0.407. The lowest BCUT2D eigenvalue weighted by atomic mass is 10.1. The Hall–Kier alpha value is -1.41. The molecule has 0 aromatic heterocycles. The van der Waals surface area contributed by atoms with Crippen molar-refractivity contribution in [2.24, 2.45) is 4.99 Å². The van der Waals surface area contributed by atoms with Crippen LogP contribution in [0.3, 0.4) is 0 Å². The smallest absolute Gasteiger partial charge is 0.252 e. The topological polar surface area (TPSA) is 66.8 Å². The van der Waals surface area contributed by atoms with Crippen molar-refractivity contribution in [2.45, 2.75) is 17.7 Å². The van der Waals surface area contributed by atoms with Gasteiger partial charge < -0.3 is 4.90 Å². The third kappa shape index (κ3) is 3.17. The van der Waals surface area contributed by atoms with E-state index in [0.717, 1.165) is 0 Å². The van der Waals surface area contributed by atoms with Gasteiger partial charge in [0.25, 0.3) is 5.91 Å². The fourth-order valence-corrected chi connectivity index (χ4v) is 6.67. The summed E-state index contributed by atoms with van der Waals surface area (Å²) in [5.41, 5.74) is 0.698. The number of carbonyl (C=O) groups is 1. The van der Waals surface area contributed by atoms with Crippen molar-refractivity contribution in [3.63, 3.8) is 0 Å². The van der Waals surface area contributed by atoms with Crippen molar-refractivity contribution in [3.05, 3.63) is 35.6 Å². The molecule has 0 N–H and O–H groups in total. The van der Waals surface area contributed by atoms with Crippen LogP contribution in [0.15, 0.2) is 29.3 Å². The zero-order valence-corrected chi connectivity index (χ0v) is 13.5. The van der Waals surface area contributed by atoms with Gasteiger partial charge in [0.2, 0.25) is 0 Å². The average molecular weight is 342 g/mol. The lowest BCUT2D eigenvalue weighted by Gasteiger charge is -2.17. The van der Waals surface area contributed by atoms with Gasteiger partial charge >= 0.3 is 0 Å². The van der Waals surface area contributed by atoms with Crippen molar-refractivity contribution >= 4 is 32.7 Å². The molecule has 0 radical (unpaired) electrons. The highest BCUT2D eigenvalue weighted by Crippen LogP contribution is 2.36. The highest BCUT2D eigenvalue weighted by Gasteiger charge is 2.47. The molecule has 2 fully saturated rings. The summed E-state index contributed by atoms with van der Waals surface area (Å²) in [5, 5.41) is 0.518. The fourth-order valence-electron chi connectivity index (χ4n) is 2.66. The van der Waals surface area contributed by atoms with Crippen LogP contribution in [0.25, 0.3) is 0 Å². The molecular formula is C14H15FN2O3S2. The molecule has 2 aliphatic heterocycles. The van der Waals surface area contributed by atoms with E-state index in [4.69, 9.17) is 0 Å². The van der Waals surface area contributed by atoms with Gasteiger partial charge in [-0.3, -0.25) is 4.79 Å². The Morgan fingerprint density at radius 3 is 2.68 bits per heavy atom. The number of amides is 1. The van der Waals surface area contributed by atoms with E-state index < -0.39 is 9.84 Å². The van der Waals surface area contributed by atoms with Crippen LogP contribution in [0, 0.1) is 5.82 Å². The number of aliphatic imine (C=N–C) groups is 1. The number of nitrogens with zero attached hydrogens (tertiary/aromatic N) is 2. The largest absolute Gasteiger partial charge is 0.349 e. The summed E-state index contributed by atoms with van der Waals surface area (Å²) in [6.07, 6.45) is 0.103.